The van der Waals surface area contributed by atoms with Gasteiger partial charge in [-0.3, -0.25) is 9.89 Å². The van der Waals surface area contributed by atoms with Crippen molar-refractivity contribution < 1.29 is 4.79 Å². The predicted octanol–water partition coefficient (Wildman–Crippen LogP) is 3.14. The normalized spacial score (nSPS) is 25.2. The Kier molecular flexibility index (Phi) is 3.79. The fourth-order valence-electron chi connectivity index (χ4n) is 3.40. The highest BCUT2D eigenvalue weighted by molar-refractivity contribution is 8.01. The van der Waals surface area contributed by atoms with Gasteiger partial charge in [0.15, 0.2) is 8.29 Å². The highest BCUT2D eigenvalue weighted by Crippen LogP contribution is 2.54. The largest absolute Gasteiger partial charge is 0.352 e. The van der Waals surface area contributed by atoms with Crippen molar-refractivity contribution in [2.75, 3.05) is 5.75 Å². The Morgan fingerprint density at radius 2 is 2.36 bits per heavy atom. The molecule has 1 aromatic carbocycles. The standard InChI is InChI=1S/C15H15N3OS3/c19-11(7-21-15-18-17-14(20)22-15)16-13-10-6-5-8-3-1-2-4-9(8)12(10)13/h1-4,10,12-13H,5-7H2,(H,16,19)(H,17,20)/t10-,12+,13+/m0/s1. The topological polar surface area (TPSA) is 57.8 Å². The van der Waals surface area contributed by atoms with Gasteiger partial charge in [0.25, 0.3) is 0 Å². The number of hydrogen-bond donors (Lipinski definition) is 2. The van der Waals surface area contributed by atoms with Gasteiger partial charge < -0.3 is 5.32 Å². The maximum atomic E-state index is 12.1. The summed E-state index contributed by atoms with van der Waals surface area (Å²) in [7, 11) is 0. The van der Waals surface area contributed by atoms with Crippen LogP contribution in [0, 0.1) is 9.87 Å². The number of benzene rings is 1. The van der Waals surface area contributed by atoms with Crippen LogP contribution in [0.4, 0.5) is 0 Å². The van der Waals surface area contributed by atoms with Gasteiger partial charge in [-0.15, -0.1) is 0 Å². The summed E-state index contributed by atoms with van der Waals surface area (Å²) >= 11 is 7.83. The molecule has 1 heterocycles. The van der Waals surface area contributed by atoms with E-state index in [-0.39, 0.29) is 5.91 Å². The number of carbonyl (C=O) groups excluding carboxylic acids is 1. The SMILES string of the molecule is O=C(CSc1n[nH]c(=S)s1)N[C@@H]1[C@H]2CCc3ccccc3[C@H]21. The van der Waals surface area contributed by atoms with Crippen molar-refractivity contribution in [2.24, 2.45) is 5.92 Å². The van der Waals surface area contributed by atoms with Crippen LogP contribution in [-0.2, 0) is 11.2 Å². The second-order valence-corrected chi connectivity index (χ2v) is 8.58. The Bertz CT molecular complexity index is 769. The van der Waals surface area contributed by atoms with E-state index in [0.717, 1.165) is 10.8 Å². The summed E-state index contributed by atoms with van der Waals surface area (Å²) in [5.41, 5.74) is 2.88. The molecule has 4 nitrogen and oxygen atoms in total. The van der Waals surface area contributed by atoms with Gasteiger partial charge in [0.1, 0.15) is 0 Å². The van der Waals surface area contributed by atoms with Crippen molar-refractivity contribution in [1.82, 2.24) is 15.5 Å². The molecule has 22 heavy (non-hydrogen) atoms. The lowest BCUT2D eigenvalue weighted by atomic mass is 9.92. The van der Waals surface area contributed by atoms with Crippen LogP contribution >= 0.6 is 35.3 Å². The molecule has 1 aromatic heterocycles. The molecule has 0 bridgehead atoms. The van der Waals surface area contributed by atoms with Crippen molar-refractivity contribution >= 4 is 41.2 Å². The van der Waals surface area contributed by atoms with Crippen LogP contribution in [0.1, 0.15) is 23.5 Å². The van der Waals surface area contributed by atoms with Crippen LogP contribution in [0.2, 0.25) is 0 Å². The zero-order chi connectivity index (χ0) is 15.1. The zero-order valence-corrected chi connectivity index (χ0v) is 14.2. The number of nitrogens with zero attached hydrogens (tertiary/aromatic N) is 1. The van der Waals surface area contributed by atoms with Gasteiger partial charge in [0.05, 0.1) is 5.75 Å². The Balaban J connectivity index is 1.35. The zero-order valence-electron chi connectivity index (χ0n) is 11.7. The van der Waals surface area contributed by atoms with Crippen LogP contribution in [0.3, 0.4) is 0 Å². The van der Waals surface area contributed by atoms with Gasteiger partial charge in [0.2, 0.25) is 5.91 Å². The molecule has 2 aromatic rings. The first kappa shape index (κ1) is 14.4. The molecule has 2 aliphatic rings. The number of rotatable bonds is 4. The lowest BCUT2D eigenvalue weighted by molar-refractivity contribution is -0.118. The van der Waals surface area contributed by atoms with E-state index in [4.69, 9.17) is 12.2 Å². The molecule has 1 fully saturated rings. The Morgan fingerprint density at radius 3 is 3.18 bits per heavy atom. The first-order valence-electron chi connectivity index (χ1n) is 7.28. The van der Waals surface area contributed by atoms with Crippen LogP contribution in [-0.4, -0.2) is 27.9 Å². The molecule has 0 saturated heterocycles. The number of H-pyrrole nitrogens is 1. The maximum Gasteiger partial charge on any atom is 0.230 e. The first-order valence-corrected chi connectivity index (χ1v) is 9.49. The minimum Gasteiger partial charge on any atom is -0.352 e. The molecule has 4 rings (SSSR count). The molecular weight excluding hydrogens is 334 g/mol. The molecule has 2 N–H and O–H groups in total. The predicted molar refractivity (Wildman–Crippen MR) is 90.9 cm³/mol. The third kappa shape index (κ3) is 2.73. The van der Waals surface area contributed by atoms with E-state index in [1.165, 1.54) is 40.6 Å². The first-order chi connectivity index (χ1) is 10.7. The Morgan fingerprint density at radius 1 is 1.50 bits per heavy atom. The van der Waals surface area contributed by atoms with E-state index < -0.39 is 0 Å². The van der Waals surface area contributed by atoms with Crippen molar-refractivity contribution in [2.45, 2.75) is 29.1 Å². The van der Waals surface area contributed by atoms with E-state index >= 15 is 0 Å². The molecule has 3 atom stereocenters. The number of aryl methyl sites for hydroxylation is 1. The summed E-state index contributed by atoms with van der Waals surface area (Å²) in [6, 6.07) is 8.94. The Labute approximate surface area is 141 Å². The highest BCUT2D eigenvalue weighted by Gasteiger charge is 2.53. The highest BCUT2D eigenvalue weighted by atomic mass is 32.2. The third-order valence-electron chi connectivity index (χ3n) is 4.40. The lowest BCUT2D eigenvalue weighted by Gasteiger charge is -2.13. The van der Waals surface area contributed by atoms with E-state index in [1.54, 1.807) is 0 Å². The van der Waals surface area contributed by atoms with Gasteiger partial charge in [-0.1, -0.05) is 47.4 Å². The number of amides is 1. The second kappa shape index (κ2) is 5.79. The van der Waals surface area contributed by atoms with E-state index in [1.807, 2.05) is 0 Å². The molecule has 0 unspecified atom stereocenters. The van der Waals surface area contributed by atoms with E-state index in [2.05, 4.69) is 39.8 Å². The summed E-state index contributed by atoms with van der Waals surface area (Å²) in [4.78, 5) is 12.1. The summed E-state index contributed by atoms with van der Waals surface area (Å²) in [5.74, 6) is 1.62. The summed E-state index contributed by atoms with van der Waals surface area (Å²) < 4.78 is 1.46. The van der Waals surface area contributed by atoms with Crippen LogP contribution in [0.25, 0.3) is 0 Å². The van der Waals surface area contributed by atoms with Gasteiger partial charge in [0, 0.05) is 12.0 Å². The Hall–Kier alpha value is -1.18. The van der Waals surface area contributed by atoms with Gasteiger partial charge >= 0.3 is 0 Å². The van der Waals surface area contributed by atoms with Crippen molar-refractivity contribution in [3.63, 3.8) is 0 Å². The van der Waals surface area contributed by atoms with E-state index in [9.17, 15) is 4.79 Å². The fourth-order valence-corrected chi connectivity index (χ4v) is 5.29. The van der Waals surface area contributed by atoms with E-state index in [0.29, 0.717) is 27.6 Å². The number of fused-ring (bicyclic) bond motifs is 3. The molecule has 7 heteroatoms. The molecule has 2 aliphatic carbocycles. The average molecular weight is 350 g/mol. The average Bonchev–Trinajstić information content (AvgIpc) is 3.06. The number of carbonyl (C=O) groups is 1. The van der Waals surface area contributed by atoms with Crippen LogP contribution in [0.15, 0.2) is 28.6 Å². The fraction of sp³-hybridized carbons (Fsp3) is 0.400. The second-order valence-electron chi connectivity index (χ2n) is 5.69. The van der Waals surface area contributed by atoms with Gasteiger partial charge in [-0.2, -0.15) is 5.10 Å². The number of thioether (sulfide) groups is 1. The lowest BCUT2D eigenvalue weighted by Crippen LogP contribution is -2.29. The molecular formula is C15H15N3OS3. The van der Waals surface area contributed by atoms with Gasteiger partial charge in [-0.25, -0.2) is 0 Å². The molecule has 114 valence electrons. The quantitative estimate of drug-likeness (QED) is 0.658. The smallest absolute Gasteiger partial charge is 0.230 e. The number of aromatic amines is 1. The monoisotopic (exact) mass is 349 g/mol. The summed E-state index contributed by atoms with van der Waals surface area (Å²) in [6.07, 6.45) is 2.32. The third-order valence-corrected chi connectivity index (χ3v) is 6.63. The molecule has 1 amide bonds. The van der Waals surface area contributed by atoms with Crippen molar-refractivity contribution in [3.8, 4) is 0 Å². The number of aromatic nitrogens is 2. The number of nitrogens with one attached hydrogen (secondary N) is 2. The summed E-state index contributed by atoms with van der Waals surface area (Å²) in [6.45, 7) is 0. The van der Waals surface area contributed by atoms with Crippen molar-refractivity contribution in [1.29, 1.82) is 0 Å². The molecule has 1 saturated carbocycles. The minimum atomic E-state index is 0.0861. The van der Waals surface area contributed by atoms with Gasteiger partial charge in [-0.05, 0) is 42.1 Å². The summed E-state index contributed by atoms with van der Waals surface area (Å²) in [5, 5.41) is 9.98. The maximum absolute atomic E-state index is 12.1. The van der Waals surface area contributed by atoms with Crippen LogP contribution < -0.4 is 5.32 Å². The van der Waals surface area contributed by atoms with Crippen LogP contribution in [0.5, 0.6) is 0 Å². The van der Waals surface area contributed by atoms with Crippen molar-refractivity contribution in [3.05, 3.63) is 39.3 Å². The number of hydrogen-bond acceptors (Lipinski definition) is 5. The minimum absolute atomic E-state index is 0.0861. The molecule has 0 aliphatic heterocycles. The molecule has 0 radical (unpaired) electrons. The molecule has 0 spiro atoms.